The summed E-state index contributed by atoms with van der Waals surface area (Å²) in [7, 11) is 0. The summed E-state index contributed by atoms with van der Waals surface area (Å²) in [6, 6.07) is 3.93. The third-order valence-corrected chi connectivity index (χ3v) is 2.47. The average molecular weight is 217 g/mol. The molecule has 76 valence electrons. The van der Waals surface area contributed by atoms with E-state index in [1.807, 2.05) is 0 Å². The van der Waals surface area contributed by atoms with Gasteiger partial charge in [0.1, 0.15) is 5.82 Å². The van der Waals surface area contributed by atoms with Gasteiger partial charge in [0.2, 0.25) is 0 Å². The lowest BCUT2D eigenvalue weighted by Crippen LogP contribution is -2.28. The van der Waals surface area contributed by atoms with Gasteiger partial charge in [-0.3, -0.25) is 4.79 Å². The Labute approximate surface area is 86.3 Å². The molecule has 0 spiro atoms. The number of aliphatic carboxylic acids is 1. The lowest BCUT2D eigenvalue weighted by molar-refractivity contribution is -0.142. The van der Waals surface area contributed by atoms with Crippen LogP contribution in [-0.2, 0) is 10.2 Å². The highest BCUT2D eigenvalue weighted by Gasteiger charge is 2.29. The fourth-order valence-electron chi connectivity index (χ4n) is 1.01. The smallest absolute Gasteiger partial charge is 0.313 e. The van der Waals surface area contributed by atoms with Crippen molar-refractivity contribution < 1.29 is 14.3 Å². The third kappa shape index (κ3) is 1.87. The Morgan fingerprint density at radius 1 is 1.50 bits per heavy atom. The molecule has 0 unspecified atom stereocenters. The SMILES string of the molecule is CC(C)(C(=O)O)c1ccc(F)c(Cl)c1. The van der Waals surface area contributed by atoms with Crippen molar-refractivity contribution in [2.45, 2.75) is 19.3 Å². The molecule has 0 aliphatic heterocycles. The van der Waals surface area contributed by atoms with Gasteiger partial charge in [0.15, 0.2) is 0 Å². The van der Waals surface area contributed by atoms with E-state index in [0.717, 1.165) is 0 Å². The Balaban J connectivity index is 3.21. The normalized spacial score (nSPS) is 11.4. The molecule has 4 heteroatoms. The van der Waals surface area contributed by atoms with Crippen molar-refractivity contribution in [2.24, 2.45) is 0 Å². The quantitative estimate of drug-likeness (QED) is 0.826. The highest BCUT2D eigenvalue weighted by Crippen LogP contribution is 2.27. The van der Waals surface area contributed by atoms with Crippen LogP contribution in [0, 0.1) is 5.82 Å². The number of benzene rings is 1. The van der Waals surface area contributed by atoms with Crippen LogP contribution in [0.2, 0.25) is 5.02 Å². The standard InChI is InChI=1S/C10H10ClFO2/c1-10(2,9(13)14)6-3-4-8(12)7(11)5-6/h3-5H,1-2H3,(H,13,14). The predicted molar refractivity (Wildman–Crippen MR) is 52.1 cm³/mol. The van der Waals surface area contributed by atoms with E-state index in [1.54, 1.807) is 13.8 Å². The number of carboxylic acids is 1. The molecule has 1 aromatic rings. The predicted octanol–water partition coefficient (Wildman–Crippen LogP) is 2.84. The second-order valence-corrected chi connectivity index (χ2v) is 3.97. The van der Waals surface area contributed by atoms with Gasteiger partial charge in [-0.2, -0.15) is 0 Å². The van der Waals surface area contributed by atoms with E-state index in [9.17, 15) is 9.18 Å². The largest absolute Gasteiger partial charge is 0.481 e. The van der Waals surface area contributed by atoms with Crippen molar-refractivity contribution in [3.05, 3.63) is 34.6 Å². The molecular formula is C10H10ClFO2. The molecule has 0 saturated heterocycles. The minimum absolute atomic E-state index is 0.0585. The van der Waals surface area contributed by atoms with Crippen LogP contribution in [0.5, 0.6) is 0 Å². The molecule has 0 fully saturated rings. The molecule has 0 aliphatic rings. The van der Waals surface area contributed by atoms with Gasteiger partial charge in [-0.1, -0.05) is 17.7 Å². The van der Waals surface area contributed by atoms with E-state index in [1.165, 1.54) is 18.2 Å². The first-order valence-electron chi connectivity index (χ1n) is 4.04. The molecule has 0 heterocycles. The van der Waals surface area contributed by atoms with E-state index in [-0.39, 0.29) is 5.02 Å². The van der Waals surface area contributed by atoms with Gasteiger partial charge in [-0.05, 0) is 31.5 Å². The Kier molecular flexibility index (Phi) is 2.81. The van der Waals surface area contributed by atoms with Crippen LogP contribution >= 0.6 is 11.6 Å². The molecule has 0 bridgehead atoms. The molecule has 0 aliphatic carbocycles. The minimum atomic E-state index is -1.06. The van der Waals surface area contributed by atoms with E-state index in [0.29, 0.717) is 5.56 Å². The number of hydrogen-bond acceptors (Lipinski definition) is 1. The van der Waals surface area contributed by atoms with Crippen molar-refractivity contribution in [1.82, 2.24) is 0 Å². The first-order valence-corrected chi connectivity index (χ1v) is 4.42. The maximum Gasteiger partial charge on any atom is 0.313 e. The summed E-state index contributed by atoms with van der Waals surface area (Å²) in [5.41, 5.74) is -0.575. The zero-order valence-corrected chi connectivity index (χ0v) is 8.60. The van der Waals surface area contributed by atoms with Gasteiger partial charge in [0.05, 0.1) is 10.4 Å². The lowest BCUT2D eigenvalue weighted by atomic mass is 9.85. The summed E-state index contributed by atoms with van der Waals surface area (Å²) in [4.78, 5) is 10.9. The maximum atomic E-state index is 12.8. The average Bonchev–Trinajstić information content (AvgIpc) is 2.09. The van der Waals surface area contributed by atoms with Gasteiger partial charge in [-0.15, -0.1) is 0 Å². The second-order valence-electron chi connectivity index (χ2n) is 3.56. The molecule has 1 aromatic carbocycles. The first kappa shape index (κ1) is 11.0. The van der Waals surface area contributed by atoms with E-state index < -0.39 is 17.2 Å². The highest BCUT2D eigenvalue weighted by molar-refractivity contribution is 6.30. The van der Waals surface area contributed by atoms with Gasteiger partial charge in [-0.25, -0.2) is 4.39 Å². The molecular weight excluding hydrogens is 207 g/mol. The minimum Gasteiger partial charge on any atom is -0.481 e. The third-order valence-electron chi connectivity index (χ3n) is 2.18. The molecule has 0 amide bonds. The zero-order valence-electron chi connectivity index (χ0n) is 7.84. The van der Waals surface area contributed by atoms with Gasteiger partial charge in [0, 0.05) is 0 Å². The fourth-order valence-corrected chi connectivity index (χ4v) is 1.19. The van der Waals surface area contributed by atoms with Crippen molar-refractivity contribution in [3.8, 4) is 0 Å². The fraction of sp³-hybridized carbons (Fsp3) is 0.300. The molecule has 1 rings (SSSR count). The molecule has 2 nitrogen and oxygen atoms in total. The molecule has 1 N–H and O–H groups in total. The summed E-state index contributed by atoms with van der Waals surface area (Å²) in [5, 5.41) is 8.86. The Morgan fingerprint density at radius 2 is 2.07 bits per heavy atom. The van der Waals surface area contributed by atoms with Gasteiger partial charge in [0.25, 0.3) is 0 Å². The van der Waals surface area contributed by atoms with Crippen LogP contribution in [0.15, 0.2) is 18.2 Å². The van der Waals surface area contributed by atoms with Crippen molar-refractivity contribution in [3.63, 3.8) is 0 Å². The van der Waals surface area contributed by atoms with Gasteiger partial charge < -0.3 is 5.11 Å². The van der Waals surface area contributed by atoms with Crippen LogP contribution < -0.4 is 0 Å². The summed E-state index contributed by atoms with van der Waals surface area (Å²) >= 11 is 5.56. The zero-order chi connectivity index (χ0) is 10.9. The Hall–Kier alpha value is -1.09. The van der Waals surface area contributed by atoms with Crippen LogP contribution in [-0.4, -0.2) is 11.1 Å². The molecule has 0 aromatic heterocycles. The number of rotatable bonds is 2. The van der Waals surface area contributed by atoms with E-state index in [4.69, 9.17) is 16.7 Å². The summed E-state index contributed by atoms with van der Waals surface area (Å²) in [6.45, 7) is 3.08. The number of carboxylic acid groups (broad SMARTS) is 1. The maximum absolute atomic E-state index is 12.8. The number of halogens is 2. The summed E-state index contributed by atoms with van der Waals surface area (Å²) in [6.07, 6.45) is 0. The van der Waals surface area contributed by atoms with Crippen LogP contribution in [0.4, 0.5) is 4.39 Å². The Bertz CT molecular complexity index is 374. The Morgan fingerprint density at radius 3 is 2.50 bits per heavy atom. The van der Waals surface area contributed by atoms with Crippen molar-refractivity contribution in [2.75, 3.05) is 0 Å². The van der Waals surface area contributed by atoms with Crippen LogP contribution in [0.1, 0.15) is 19.4 Å². The first-order chi connectivity index (χ1) is 6.35. The number of hydrogen-bond donors (Lipinski definition) is 1. The molecule has 0 radical (unpaired) electrons. The topological polar surface area (TPSA) is 37.3 Å². The lowest BCUT2D eigenvalue weighted by Gasteiger charge is -2.19. The van der Waals surface area contributed by atoms with Crippen LogP contribution in [0.3, 0.4) is 0 Å². The van der Waals surface area contributed by atoms with Crippen LogP contribution in [0.25, 0.3) is 0 Å². The highest BCUT2D eigenvalue weighted by atomic mass is 35.5. The number of carbonyl (C=O) groups is 1. The molecule has 14 heavy (non-hydrogen) atoms. The van der Waals surface area contributed by atoms with Gasteiger partial charge >= 0.3 is 5.97 Å². The summed E-state index contributed by atoms with van der Waals surface area (Å²) < 4.78 is 12.8. The van der Waals surface area contributed by atoms with E-state index in [2.05, 4.69) is 0 Å². The molecule has 0 atom stereocenters. The molecule has 0 saturated carbocycles. The second kappa shape index (κ2) is 3.58. The monoisotopic (exact) mass is 216 g/mol. The van der Waals surface area contributed by atoms with E-state index >= 15 is 0 Å². The van der Waals surface area contributed by atoms with Crippen molar-refractivity contribution in [1.29, 1.82) is 0 Å². The van der Waals surface area contributed by atoms with Crippen molar-refractivity contribution >= 4 is 17.6 Å². The summed E-state index contributed by atoms with van der Waals surface area (Å²) in [5.74, 6) is -1.52.